The third-order valence-electron chi connectivity index (χ3n) is 3.40. The Morgan fingerprint density at radius 3 is 2.94 bits per heavy atom. The fourth-order valence-electron chi connectivity index (χ4n) is 2.38. The molecule has 1 heterocycles. The Hall–Kier alpha value is -0.610. The molecule has 2 N–H and O–H groups in total. The Bertz CT molecular complexity index is 392. The van der Waals surface area contributed by atoms with Crippen molar-refractivity contribution in [1.82, 2.24) is 9.97 Å². The number of hydrogen-bond acceptors (Lipinski definition) is 4. The van der Waals surface area contributed by atoms with Crippen molar-refractivity contribution in [3.8, 4) is 0 Å². The molecule has 0 radical (unpaired) electrons. The van der Waals surface area contributed by atoms with Crippen LogP contribution in [0, 0.1) is 12.8 Å². The molecular weight excluding hydrogens is 230 g/mol. The first-order chi connectivity index (χ1) is 8.24. The van der Waals surface area contributed by atoms with Crippen LogP contribution in [0.15, 0.2) is 0 Å². The zero-order chi connectivity index (χ0) is 12.3. The van der Waals surface area contributed by atoms with Gasteiger partial charge in [0.1, 0.15) is 5.82 Å². The summed E-state index contributed by atoms with van der Waals surface area (Å²) >= 11 is 1.88. The van der Waals surface area contributed by atoms with Gasteiger partial charge in [-0.3, -0.25) is 0 Å². The van der Waals surface area contributed by atoms with Crippen molar-refractivity contribution in [2.75, 3.05) is 12.3 Å². The molecule has 1 aliphatic carbocycles. The van der Waals surface area contributed by atoms with Gasteiger partial charge in [-0.2, -0.15) is 11.8 Å². The van der Waals surface area contributed by atoms with Crippen LogP contribution in [0.5, 0.6) is 0 Å². The van der Waals surface area contributed by atoms with Crippen molar-refractivity contribution in [2.24, 2.45) is 11.7 Å². The summed E-state index contributed by atoms with van der Waals surface area (Å²) in [4.78, 5) is 9.33. The Kier molecular flexibility index (Phi) is 4.40. The van der Waals surface area contributed by atoms with E-state index in [-0.39, 0.29) is 0 Å². The number of hydrogen-bond donors (Lipinski definition) is 1. The van der Waals surface area contributed by atoms with Crippen molar-refractivity contribution in [3.05, 3.63) is 22.8 Å². The topological polar surface area (TPSA) is 51.8 Å². The van der Waals surface area contributed by atoms with Crippen LogP contribution < -0.4 is 5.73 Å². The van der Waals surface area contributed by atoms with E-state index in [9.17, 15) is 0 Å². The number of fused-ring (bicyclic) bond motifs is 1. The van der Waals surface area contributed by atoms with Crippen LogP contribution in [0.3, 0.4) is 0 Å². The standard InChI is InChI=1S/C13H21N3S/c1-3-17-8-13-15-9(2)11-6-10(7-14)4-5-12(11)16-13/h10H,3-8,14H2,1-2H3. The van der Waals surface area contributed by atoms with E-state index in [1.165, 1.54) is 23.4 Å². The summed E-state index contributed by atoms with van der Waals surface area (Å²) < 4.78 is 0. The van der Waals surface area contributed by atoms with Crippen molar-refractivity contribution >= 4 is 11.8 Å². The molecule has 0 saturated carbocycles. The van der Waals surface area contributed by atoms with Crippen LogP contribution in [0.25, 0.3) is 0 Å². The molecule has 2 rings (SSSR count). The molecule has 1 unspecified atom stereocenters. The zero-order valence-corrected chi connectivity index (χ0v) is 11.5. The fourth-order valence-corrected chi connectivity index (χ4v) is 2.90. The smallest absolute Gasteiger partial charge is 0.138 e. The first-order valence-electron chi connectivity index (χ1n) is 6.37. The zero-order valence-electron chi connectivity index (χ0n) is 10.7. The van der Waals surface area contributed by atoms with Crippen molar-refractivity contribution in [3.63, 3.8) is 0 Å². The molecule has 1 aliphatic rings. The number of aryl methyl sites for hydroxylation is 2. The molecule has 0 fully saturated rings. The monoisotopic (exact) mass is 251 g/mol. The summed E-state index contributed by atoms with van der Waals surface area (Å²) in [5, 5.41) is 0. The number of aromatic nitrogens is 2. The van der Waals surface area contributed by atoms with Gasteiger partial charge in [-0.25, -0.2) is 9.97 Å². The Morgan fingerprint density at radius 2 is 2.24 bits per heavy atom. The molecule has 0 amide bonds. The van der Waals surface area contributed by atoms with Crippen LogP contribution in [0.1, 0.15) is 36.1 Å². The fraction of sp³-hybridized carbons (Fsp3) is 0.692. The molecule has 0 bridgehead atoms. The largest absolute Gasteiger partial charge is 0.330 e. The first-order valence-corrected chi connectivity index (χ1v) is 7.53. The predicted molar refractivity (Wildman–Crippen MR) is 73.2 cm³/mol. The number of nitrogens with two attached hydrogens (primary N) is 1. The van der Waals surface area contributed by atoms with E-state index in [1.54, 1.807) is 0 Å². The van der Waals surface area contributed by atoms with Crippen LogP contribution in [0.2, 0.25) is 0 Å². The van der Waals surface area contributed by atoms with Crippen LogP contribution in [-0.4, -0.2) is 22.3 Å². The lowest BCUT2D eigenvalue weighted by atomic mass is 9.86. The van der Waals surface area contributed by atoms with Crippen LogP contribution >= 0.6 is 11.8 Å². The van der Waals surface area contributed by atoms with Gasteiger partial charge in [-0.05, 0) is 50.0 Å². The highest BCUT2D eigenvalue weighted by atomic mass is 32.2. The van der Waals surface area contributed by atoms with E-state index in [0.29, 0.717) is 5.92 Å². The van der Waals surface area contributed by atoms with Crippen molar-refractivity contribution in [2.45, 2.75) is 38.9 Å². The minimum absolute atomic E-state index is 0.626. The second-order valence-corrected chi connectivity index (χ2v) is 5.91. The van der Waals surface area contributed by atoms with E-state index >= 15 is 0 Å². The summed E-state index contributed by atoms with van der Waals surface area (Å²) in [6, 6.07) is 0. The second kappa shape index (κ2) is 5.83. The molecule has 0 saturated heterocycles. The minimum Gasteiger partial charge on any atom is -0.330 e. The number of thioether (sulfide) groups is 1. The molecule has 0 aromatic carbocycles. The van der Waals surface area contributed by atoms with Crippen LogP contribution in [-0.2, 0) is 18.6 Å². The van der Waals surface area contributed by atoms with E-state index in [4.69, 9.17) is 10.7 Å². The van der Waals surface area contributed by atoms with Gasteiger partial charge in [0.2, 0.25) is 0 Å². The second-order valence-electron chi connectivity index (χ2n) is 4.63. The van der Waals surface area contributed by atoms with E-state index in [0.717, 1.165) is 36.7 Å². The maximum atomic E-state index is 5.76. The summed E-state index contributed by atoms with van der Waals surface area (Å²) in [6.45, 7) is 5.06. The van der Waals surface area contributed by atoms with Gasteiger partial charge in [0.05, 0.1) is 5.75 Å². The van der Waals surface area contributed by atoms with Crippen molar-refractivity contribution < 1.29 is 0 Å². The summed E-state index contributed by atoms with van der Waals surface area (Å²) in [7, 11) is 0. The molecule has 1 atom stereocenters. The molecule has 3 nitrogen and oxygen atoms in total. The minimum atomic E-state index is 0.626. The van der Waals surface area contributed by atoms with Gasteiger partial charge in [-0.15, -0.1) is 0 Å². The average molecular weight is 251 g/mol. The lowest BCUT2D eigenvalue weighted by molar-refractivity contribution is 0.458. The van der Waals surface area contributed by atoms with E-state index < -0.39 is 0 Å². The quantitative estimate of drug-likeness (QED) is 0.890. The molecule has 4 heteroatoms. The normalized spacial score (nSPS) is 19.1. The average Bonchev–Trinajstić information content (AvgIpc) is 2.36. The van der Waals surface area contributed by atoms with Gasteiger partial charge in [-0.1, -0.05) is 6.92 Å². The number of rotatable bonds is 4. The Balaban J connectivity index is 2.20. The van der Waals surface area contributed by atoms with Gasteiger partial charge in [0, 0.05) is 11.4 Å². The van der Waals surface area contributed by atoms with E-state index in [2.05, 4.69) is 18.8 Å². The highest BCUT2D eigenvalue weighted by Crippen LogP contribution is 2.26. The van der Waals surface area contributed by atoms with Gasteiger partial charge in [0.15, 0.2) is 0 Å². The molecule has 1 aromatic heterocycles. The lowest BCUT2D eigenvalue weighted by Crippen LogP contribution is -2.24. The third-order valence-corrected chi connectivity index (χ3v) is 4.27. The predicted octanol–water partition coefficient (Wildman–Crippen LogP) is 2.10. The molecule has 0 spiro atoms. The molecule has 0 aliphatic heterocycles. The highest BCUT2D eigenvalue weighted by molar-refractivity contribution is 7.98. The van der Waals surface area contributed by atoms with Crippen LogP contribution in [0.4, 0.5) is 0 Å². The summed E-state index contributed by atoms with van der Waals surface area (Å²) in [5.41, 5.74) is 9.56. The SMILES string of the molecule is CCSCc1nc(C)c2c(n1)CCC(CN)C2. The Labute approximate surface area is 108 Å². The van der Waals surface area contributed by atoms with E-state index in [1.807, 2.05) is 11.8 Å². The van der Waals surface area contributed by atoms with Gasteiger partial charge in [0.25, 0.3) is 0 Å². The van der Waals surface area contributed by atoms with Gasteiger partial charge < -0.3 is 5.73 Å². The maximum absolute atomic E-state index is 5.76. The third kappa shape index (κ3) is 2.99. The summed E-state index contributed by atoms with van der Waals surface area (Å²) in [5.74, 6) is 3.68. The highest BCUT2D eigenvalue weighted by Gasteiger charge is 2.21. The maximum Gasteiger partial charge on any atom is 0.138 e. The lowest BCUT2D eigenvalue weighted by Gasteiger charge is -2.24. The van der Waals surface area contributed by atoms with Crippen molar-refractivity contribution in [1.29, 1.82) is 0 Å². The molecular formula is C13H21N3S. The first kappa shape index (κ1) is 12.8. The molecule has 17 heavy (non-hydrogen) atoms. The summed E-state index contributed by atoms with van der Waals surface area (Å²) in [6.07, 6.45) is 3.32. The Morgan fingerprint density at radius 1 is 1.41 bits per heavy atom. The number of nitrogens with zero attached hydrogens (tertiary/aromatic N) is 2. The van der Waals surface area contributed by atoms with Gasteiger partial charge >= 0.3 is 0 Å². The molecule has 94 valence electrons. The molecule has 1 aromatic rings.